The molecule has 0 amide bonds. The molecule has 0 saturated carbocycles. The Labute approximate surface area is 88.8 Å². The molecule has 0 aromatic rings. The van der Waals surface area contributed by atoms with Crippen molar-refractivity contribution in [1.82, 2.24) is 4.90 Å². The molecule has 1 fully saturated rings. The number of piperidine rings is 1. The molecule has 0 aromatic carbocycles. The van der Waals surface area contributed by atoms with E-state index in [0.717, 1.165) is 18.5 Å². The molecule has 14 heavy (non-hydrogen) atoms. The van der Waals surface area contributed by atoms with Crippen molar-refractivity contribution in [2.24, 2.45) is 11.7 Å². The highest BCUT2D eigenvalue weighted by atomic mass is 15.2. The molecule has 2 atom stereocenters. The van der Waals surface area contributed by atoms with Crippen LogP contribution in [-0.4, -0.2) is 30.6 Å². The van der Waals surface area contributed by atoms with Gasteiger partial charge in [0, 0.05) is 12.6 Å². The van der Waals surface area contributed by atoms with Crippen LogP contribution in [-0.2, 0) is 0 Å². The summed E-state index contributed by atoms with van der Waals surface area (Å²) in [6.45, 7) is 7.99. The van der Waals surface area contributed by atoms with Crippen molar-refractivity contribution in [3.05, 3.63) is 0 Å². The first-order chi connectivity index (χ1) is 6.77. The number of nitrogens with two attached hydrogens (primary N) is 1. The van der Waals surface area contributed by atoms with Crippen LogP contribution in [0.2, 0.25) is 0 Å². The molecule has 84 valence electrons. The van der Waals surface area contributed by atoms with Crippen LogP contribution in [0.15, 0.2) is 0 Å². The molecule has 0 aromatic heterocycles. The molecule has 2 nitrogen and oxygen atoms in total. The van der Waals surface area contributed by atoms with E-state index < -0.39 is 0 Å². The van der Waals surface area contributed by atoms with E-state index in [1.54, 1.807) is 0 Å². The lowest BCUT2D eigenvalue weighted by Gasteiger charge is -2.35. The summed E-state index contributed by atoms with van der Waals surface area (Å²) >= 11 is 0. The van der Waals surface area contributed by atoms with E-state index in [1.807, 2.05) is 0 Å². The van der Waals surface area contributed by atoms with E-state index in [4.69, 9.17) is 5.73 Å². The average Bonchev–Trinajstić information content (AvgIpc) is 2.20. The fraction of sp³-hybridized carbons (Fsp3) is 1.00. The summed E-state index contributed by atoms with van der Waals surface area (Å²) in [5, 5.41) is 0. The Morgan fingerprint density at radius 2 is 2.21 bits per heavy atom. The zero-order valence-corrected chi connectivity index (χ0v) is 9.84. The third-order valence-electron chi connectivity index (χ3n) is 3.46. The molecular weight excluding hydrogens is 172 g/mol. The van der Waals surface area contributed by atoms with Crippen LogP contribution in [0.4, 0.5) is 0 Å². The van der Waals surface area contributed by atoms with Crippen molar-refractivity contribution in [3.63, 3.8) is 0 Å². The SMILES string of the molecule is CCCC(CN)CN1CCCCC1C. The summed E-state index contributed by atoms with van der Waals surface area (Å²) in [7, 11) is 0. The van der Waals surface area contributed by atoms with Crippen LogP contribution in [0.25, 0.3) is 0 Å². The van der Waals surface area contributed by atoms with Crippen LogP contribution in [0.1, 0.15) is 46.0 Å². The number of nitrogens with zero attached hydrogens (tertiary/aromatic N) is 1. The van der Waals surface area contributed by atoms with Gasteiger partial charge in [-0.05, 0) is 45.2 Å². The molecule has 0 spiro atoms. The van der Waals surface area contributed by atoms with E-state index in [0.29, 0.717) is 0 Å². The van der Waals surface area contributed by atoms with Crippen molar-refractivity contribution < 1.29 is 0 Å². The van der Waals surface area contributed by atoms with Gasteiger partial charge in [-0.2, -0.15) is 0 Å². The second kappa shape index (κ2) is 6.41. The average molecular weight is 198 g/mol. The first-order valence-electron chi connectivity index (χ1n) is 6.22. The predicted molar refractivity (Wildman–Crippen MR) is 62.3 cm³/mol. The van der Waals surface area contributed by atoms with Gasteiger partial charge < -0.3 is 10.6 Å². The topological polar surface area (TPSA) is 29.3 Å². The minimum Gasteiger partial charge on any atom is -0.330 e. The Bertz CT molecular complexity index is 147. The second-order valence-electron chi connectivity index (χ2n) is 4.73. The third kappa shape index (κ3) is 3.58. The maximum Gasteiger partial charge on any atom is 0.00670 e. The maximum atomic E-state index is 5.79. The zero-order chi connectivity index (χ0) is 10.4. The third-order valence-corrected chi connectivity index (χ3v) is 3.46. The monoisotopic (exact) mass is 198 g/mol. The number of rotatable bonds is 5. The van der Waals surface area contributed by atoms with Crippen molar-refractivity contribution in [3.8, 4) is 0 Å². The van der Waals surface area contributed by atoms with Gasteiger partial charge in [0.2, 0.25) is 0 Å². The second-order valence-corrected chi connectivity index (χ2v) is 4.73. The Hall–Kier alpha value is -0.0800. The molecule has 1 aliphatic heterocycles. The van der Waals surface area contributed by atoms with Gasteiger partial charge in [0.25, 0.3) is 0 Å². The minimum absolute atomic E-state index is 0.723. The Morgan fingerprint density at radius 1 is 1.43 bits per heavy atom. The smallest absolute Gasteiger partial charge is 0.00670 e. The lowest BCUT2D eigenvalue weighted by atomic mass is 9.98. The highest BCUT2D eigenvalue weighted by Crippen LogP contribution is 2.18. The summed E-state index contributed by atoms with van der Waals surface area (Å²) in [6.07, 6.45) is 6.74. The van der Waals surface area contributed by atoms with Gasteiger partial charge in [0.1, 0.15) is 0 Å². The summed E-state index contributed by atoms with van der Waals surface area (Å²) < 4.78 is 0. The molecular formula is C12H26N2. The van der Waals surface area contributed by atoms with Crippen LogP contribution in [0, 0.1) is 5.92 Å². The number of hydrogen-bond donors (Lipinski definition) is 1. The van der Waals surface area contributed by atoms with E-state index in [9.17, 15) is 0 Å². The van der Waals surface area contributed by atoms with Gasteiger partial charge in [0.15, 0.2) is 0 Å². The molecule has 0 bridgehead atoms. The maximum absolute atomic E-state index is 5.79. The Morgan fingerprint density at radius 3 is 2.79 bits per heavy atom. The molecule has 0 radical (unpaired) electrons. The van der Waals surface area contributed by atoms with Gasteiger partial charge in [0.05, 0.1) is 0 Å². The summed E-state index contributed by atoms with van der Waals surface area (Å²) in [5.74, 6) is 0.723. The summed E-state index contributed by atoms with van der Waals surface area (Å²) in [4.78, 5) is 2.64. The van der Waals surface area contributed by atoms with Gasteiger partial charge >= 0.3 is 0 Å². The molecule has 2 N–H and O–H groups in total. The van der Waals surface area contributed by atoms with Crippen molar-refractivity contribution >= 4 is 0 Å². The lowest BCUT2D eigenvalue weighted by molar-refractivity contribution is 0.135. The standard InChI is InChI=1S/C12H26N2/c1-3-6-12(9-13)10-14-8-5-4-7-11(14)2/h11-12H,3-10,13H2,1-2H3. The fourth-order valence-corrected chi connectivity index (χ4v) is 2.45. The molecule has 1 saturated heterocycles. The van der Waals surface area contributed by atoms with E-state index in [1.165, 1.54) is 45.2 Å². The highest BCUT2D eigenvalue weighted by molar-refractivity contribution is 4.76. The summed E-state index contributed by atoms with van der Waals surface area (Å²) in [6, 6.07) is 0.787. The molecule has 2 heteroatoms. The highest BCUT2D eigenvalue weighted by Gasteiger charge is 2.20. The first kappa shape index (κ1) is 12.0. The molecule has 1 rings (SSSR count). The zero-order valence-electron chi connectivity index (χ0n) is 9.84. The quantitative estimate of drug-likeness (QED) is 0.734. The van der Waals surface area contributed by atoms with Crippen LogP contribution in [0.5, 0.6) is 0 Å². The Kier molecular flexibility index (Phi) is 5.49. The largest absolute Gasteiger partial charge is 0.330 e. The van der Waals surface area contributed by atoms with Gasteiger partial charge in [-0.1, -0.05) is 19.8 Å². The van der Waals surface area contributed by atoms with Gasteiger partial charge in [-0.15, -0.1) is 0 Å². The molecule has 1 heterocycles. The van der Waals surface area contributed by atoms with E-state index in [-0.39, 0.29) is 0 Å². The van der Waals surface area contributed by atoms with E-state index in [2.05, 4.69) is 18.7 Å². The normalized spacial score (nSPS) is 26.4. The van der Waals surface area contributed by atoms with Crippen molar-refractivity contribution in [1.29, 1.82) is 0 Å². The van der Waals surface area contributed by atoms with Crippen LogP contribution in [0.3, 0.4) is 0 Å². The van der Waals surface area contributed by atoms with E-state index >= 15 is 0 Å². The number of hydrogen-bond acceptors (Lipinski definition) is 2. The van der Waals surface area contributed by atoms with Gasteiger partial charge in [-0.3, -0.25) is 0 Å². The molecule has 2 unspecified atom stereocenters. The molecule has 1 aliphatic rings. The van der Waals surface area contributed by atoms with Crippen LogP contribution >= 0.6 is 0 Å². The lowest BCUT2D eigenvalue weighted by Crippen LogP contribution is -2.42. The molecule has 0 aliphatic carbocycles. The first-order valence-corrected chi connectivity index (χ1v) is 6.22. The minimum atomic E-state index is 0.723. The fourth-order valence-electron chi connectivity index (χ4n) is 2.45. The summed E-state index contributed by atoms with van der Waals surface area (Å²) in [5.41, 5.74) is 5.79. The van der Waals surface area contributed by atoms with Crippen molar-refractivity contribution in [2.75, 3.05) is 19.6 Å². The van der Waals surface area contributed by atoms with Crippen molar-refractivity contribution in [2.45, 2.75) is 52.0 Å². The Balaban J connectivity index is 2.31. The van der Waals surface area contributed by atoms with Crippen LogP contribution < -0.4 is 5.73 Å². The van der Waals surface area contributed by atoms with Gasteiger partial charge in [-0.25, -0.2) is 0 Å². The predicted octanol–water partition coefficient (Wildman–Crippen LogP) is 2.24. The number of likely N-dealkylation sites (tertiary alicyclic amines) is 1.